The van der Waals surface area contributed by atoms with E-state index in [0.29, 0.717) is 6.04 Å². The molecule has 1 saturated heterocycles. The predicted octanol–water partition coefficient (Wildman–Crippen LogP) is 2.54. The summed E-state index contributed by atoms with van der Waals surface area (Å²) in [6.07, 6.45) is 9.35. The maximum atomic E-state index is 4.54. The molecule has 2 N–H and O–H groups in total. The van der Waals surface area contributed by atoms with Gasteiger partial charge in [0, 0.05) is 48.5 Å². The lowest BCUT2D eigenvalue weighted by molar-refractivity contribution is 0.548. The molecule has 0 bridgehead atoms. The normalized spacial score (nSPS) is 19.3. The largest absolute Gasteiger partial charge is 0.354 e. The number of nitrogens with one attached hydrogen (secondary N) is 2. The number of rotatable bonds is 5. The van der Waals surface area contributed by atoms with Crippen LogP contribution in [0.2, 0.25) is 0 Å². The molecule has 0 radical (unpaired) electrons. The number of hydrogen-bond donors (Lipinski definition) is 2. The third kappa shape index (κ3) is 3.05. The van der Waals surface area contributed by atoms with E-state index in [1.807, 2.05) is 29.2 Å². The highest BCUT2D eigenvalue weighted by molar-refractivity contribution is 5.97. The first-order valence-corrected chi connectivity index (χ1v) is 10.2. The van der Waals surface area contributed by atoms with E-state index in [1.54, 1.807) is 6.20 Å². The number of hydrogen-bond acceptors (Lipinski definition) is 6. The Morgan fingerprint density at radius 2 is 2.00 bits per heavy atom. The highest BCUT2D eigenvalue weighted by Gasteiger charge is 2.29. The SMILES string of the molecule is c1cnn(-c2ccc(-c3ccc(N4CCC(NC5CC5)C4)nn3)c3cn[nH]c23)c1. The quantitative estimate of drug-likeness (QED) is 0.548. The average molecular weight is 386 g/mol. The minimum atomic E-state index is 0.573. The van der Waals surface area contributed by atoms with E-state index in [4.69, 9.17) is 0 Å². The summed E-state index contributed by atoms with van der Waals surface area (Å²) in [5.74, 6) is 0.949. The fourth-order valence-corrected chi connectivity index (χ4v) is 4.17. The number of anilines is 1. The molecule has 3 aromatic heterocycles. The molecule has 6 rings (SSSR count). The molecule has 1 saturated carbocycles. The van der Waals surface area contributed by atoms with Gasteiger partial charge in [0.25, 0.3) is 0 Å². The summed E-state index contributed by atoms with van der Waals surface area (Å²) in [6, 6.07) is 11.5. The third-order valence-electron chi connectivity index (χ3n) is 5.83. The van der Waals surface area contributed by atoms with Gasteiger partial charge >= 0.3 is 0 Å². The van der Waals surface area contributed by atoms with Crippen molar-refractivity contribution in [3.8, 4) is 16.9 Å². The van der Waals surface area contributed by atoms with Crippen molar-refractivity contribution in [1.29, 1.82) is 0 Å². The number of aromatic nitrogens is 6. The van der Waals surface area contributed by atoms with Crippen molar-refractivity contribution < 1.29 is 0 Å². The van der Waals surface area contributed by atoms with Gasteiger partial charge in [-0.2, -0.15) is 10.2 Å². The van der Waals surface area contributed by atoms with Crippen LogP contribution >= 0.6 is 0 Å². The minimum Gasteiger partial charge on any atom is -0.354 e. The molecular formula is C21H22N8. The number of aromatic amines is 1. The minimum absolute atomic E-state index is 0.573. The van der Waals surface area contributed by atoms with Gasteiger partial charge in [-0.25, -0.2) is 4.68 Å². The second-order valence-corrected chi connectivity index (χ2v) is 7.89. The summed E-state index contributed by atoms with van der Waals surface area (Å²) in [5, 5.41) is 25.5. The number of nitrogens with zero attached hydrogens (tertiary/aromatic N) is 6. The van der Waals surface area contributed by atoms with Crippen molar-refractivity contribution in [2.45, 2.75) is 31.3 Å². The van der Waals surface area contributed by atoms with Crippen LogP contribution in [0.25, 0.3) is 27.8 Å². The van der Waals surface area contributed by atoms with Crippen molar-refractivity contribution in [2.24, 2.45) is 0 Å². The molecule has 4 aromatic rings. The van der Waals surface area contributed by atoms with Gasteiger partial charge in [-0.1, -0.05) is 0 Å². The van der Waals surface area contributed by atoms with Gasteiger partial charge in [0.1, 0.15) is 0 Å². The van der Waals surface area contributed by atoms with E-state index in [9.17, 15) is 0 Å². The molecule has 29 heavy (non-hydrogen) atoms. The van der Waals surface area contributed by atoms with Crippen LogP contribution in [0.15, 0.2) is 48.9 Å². The number of fused-ring (bicyclic) bond motifs is 1. The van der Waals surface area contributed by atoms with Crippen LogP contribution < -0.4 is 10.2 Å². The topological polar surface area (TPSA) is 87.6 Å². The Morgan fingerprint density at radius 3 is 2.79 bits per heavy atom. The zero-order chi connectivity index (χ0) is 19.2. The van der Waals surface area contributed by atoms with Crippen LogP contribution in [-0.2, 0) is 0 Å². The zero-order valence-electron chi connectivity index (χ0n) is 16.0. The molecule has 146 valence electrons. The van der Waals surface area contributed by atoms with Gasteiger partial charge in [0.15, 0.2) is 5.82 Å². The maximum absolute atomic E-state index is 4.54. The van der Waals surface area contributed by atoms with Crippen molar-refractivity contribution in [3.05, 3.63) is 48.9 Å². The Balaban J connectivity index is 1.27. The second kappa shape index (κ2) is 6.66. The molecule has 2 fully saturated rings. The van der Waals surface area contributed by atoms with Crippen LogP contribution in [-0.4, -0.2) is 55.3 Å². The second-order valence-electron chi connectivity index (χ2n) is 7.89. The van der Waals surface area contributed by atoms with Gasteiger partial charge in [-0.3, -0.25) is 5.10 Å². The van der Waals surface area contributed by atoms with Gasteiger partial charge in [0.2, 0.25) is 0 Å². The number of H-pyrrole nitrogens is 1. The fraction of sp³-hybridized carbons (Fsp3) is 0.333. The highest BCUT2D eigenvalue weighted by atomic mass is 15.3. The summed E-state index contributed by atoms with van der Waals surface area (Å²) in [4.78, 5) is 2.32. The Labute approximate surface area is 167 Å². The van der Waals surface area contributed by atoms with E-state index in [-0.39, 0.29) is 0 Å². The number of benzene rings is 1. The molecule has 2 aliphatic rings. The lowest BCUT2D eigenvalue weighted by Gasteiger charge is -2.17. The first-order chi connectivity index (χ1) is 14.3. The summed E-state index contributed by atoms with van der Waals surface area (Å²) < 4.78 is 1.83. The van der Waals surface area contributed by atoms with E-state index in [1.165, 1.54) is 19.3 Å². The Bertz CT molecular complexity index is 1130. The van der Waals surface area contributed by atoms with Crippen molar-refractivity contribution in [2.75, 3.05) is 18.0 Å². The fourth-order valence-electron chi connectivity index (χ4n) is 4.17. The van der Waals surface area contributed by atoms with E-state index in [0.717, 1.165) is 52.8 Å². The Morgan fingerprint density at radius 1 is 1.03 bits per heavy atom. The smallest absolute Gasteiger partial charge is 0.151 e. The maximum Gasteiger partial charge on any atom is 0.151 e. The average Bonchev–Trinajstić information content (AvgIpc) is 3.19. The molecule has 1 aliphatic heterocycles. The van der Waals surface area contributed by atoms with Gasteiger partial charge in [0.05, 0.1) is 23.1 Å². The Kier molecular flexibility index (Phi) is 3.83. The van der Waals surface area contributed by atoms with E-state index >= 15 is 0 Å². The van der Waals surface area contributed by atoms with Crippen LogP contribution in [0.3, 0.4) is 0 Å². The van der Waals surface area contributed by atoms with Crippen LogP contribution in [0.5, 0.6) is 0 Å². The van der Waals surface area contributed by atoms with E-state index < -0.39 is 0 Å². The van der Waals surface area contributed by atoms with E-state index in [2.05, 4.69) is 53.9 Å². The molecule has 8 heteroatoms. The molecule has 1 unspecified atom stereocenters. The molecule has 8 nitrogen and oxygen atoms in total. The monoisotopic (exact) mass is 386 g/mol. The summed E-state index contributed by atoms with van der Waals surface area (Å²) >= 11 is 0. The summed E-state index contributed by atoms with van der Waals surface area (Å²) in [5.41, 5.74) is 3.75. The lowest BCUT2D eigenvalue weighted by atomic mass is 10.1. The molecule has 1 aliphatic carbocycles. The molecule has 1 aromatic carbocycles. The molecule has 0 amide bonds. The zero-order valence-corrected chi connectivity index (χ0v) is 16.0. The van der Waals surface area contributed by atoms with Crippen molar-refractivity contribution >= 4 is 16.7 Å². The lowest BCUT2D eigenvalue weighted by Crippen LogP contribution is -2.34. The van der Waals surface area contributed by atoms with Crippen LogP contribution in [0.1, 0.15) is 19.3 Å². The van der Waals surface area contributed by atoms with Crippen LogP contribution in [0.4, 0.5) is 5.82 Å². The Hall–Kier alpha value is -3.26. The van der Waals surface area contributed by atoms with Gasteiger partial charge in [-0.15, -0.1) is 10.2 Å². The molecule has 0 spiro atoms. The summed E-state index contributed by atoms with van der Waals surface area (Å²) in [6.45, 7) is 2.04. The highest BCUT2D eigenvalue weighted by Crippen LogP contribution is 2.31. The van der Waals surface area contributed by atoms with Crippen molar-refractivity contribution in [1.82, 2.24) is 35.5 Å². The first-order valence-electron chi connectivity index (χ1n) is 10.2. The molecule has 1 atom stereocenters. The van der Waals surface area contributed by atoms with Crippen LogP contribution in [0, 0.1) is 0 Å². The molecule has 4 heterocycles. The van der Waals surface area contributed by atoms with Gasteiger partial charge in [-0.05, 0) is 49.6 Å². The predicted molar refractivity (Wildman–Crippen MR) is 111 cm³/mol. The third-order valence-corrected chi connectivity index (χ3v) is 5.83. The molecular weight excluding hydrogens is 364 g/mol. The standard InChI is InChI=1S/C21H22N8/c1-9-23-29(10-1)19-6-4-16(17-12-22-27-21(17)19)18-5-7-20(26-25-18)28-11-8-15(13-28)24-14-2-3-14/h1,4-7,9-10,12,14-15,24H,2-3,8,11,13H2,(H,22,27). The van der Waals surface area contributed by atoms with Crippen molar-refractivity contribution in [3.63, 3.8) is 0 Å². The first kappa shape index (κ1) is 16.7. The summed E-state index contributed by atoms with van der Waals surface area (Å²) in [7, 11) is 0. The van der Waals surface area contributed by atoms with Gasteiger partial charge < -0.3 is 10.2 Å².